The standard InChI is InChI=1S/C17H20O2/c1-12(18)16-10-4-8-14(16)6-3-7-15-9-5-11-17(15)13(2)19/h4-5,8-11,14,17H,3,6-7H2,1-2H3. The Labute approximate surface area is 114 Å². The van der Waals surface area contributed by atoms with Crippen molar-refractivity contribution in [2.75, 3.05) is 0 Å². The SMILES string of the molecule is CC(=O)C1=CC=CC1CCCC1=CC=CC1C(C)=O. The van der Waals surface area contributed by atoms with Gasteiger partial charge in [-0.2, -0.15) is 0 Å². The van der Waals surface area contributed by atoms with E-state index in [0.717, 1.165) is 24.8 Å². The Morgan fingerprint density at radius 1 is 1.11 bits per heavy atom. The van der Waals surface area contributed by atoms with Crippen molar-refractivity contribution < 1.29 is 9.59 Å². The van der Waals surface area contributed by atoms with Crippen LogP contribution in [0.15, 0.2) is 47.6 Å². The Morgan fingerprint density at radius 2 is 1.84 bits per heavy atom. The molecule has 0 aliphatic heterocycles. The second kappa shape index (κ2) is 5.96. The van der Waals surface area contributed by atoms with Crippen LogP contribution >= 0.6 is 0 Å². The van der Waals surface area contributed by atoms with E-state index >= 15 is 0 Å². The van der Waals surface area contributed by atoms with E-state index in [4.69, 9.17) is 0 Å². The minimum absolute atomic E-state index is 0.0121. The molecule has 2 aliphatic carbocycles. The molecular formula is C17H20O2. The van der Waals surface area contributed by atoms with E-state index in [9.17, 15) is 9.59 Å². The van der Waals surface area contributed by atoms with Crippen LogP contribution in [0, 0.1) is 11.8 Å². The number of rotatable bonds is 6. The average Bonchev–Trinajstić information content (AvgIpc) is 2.96. The lowest BCUT2D eigenvalue weighted by molar-refractivity contribution is -0.118. The highest BCUT2D eigenvalue weighted by molar-refractivity contribution is 5.95. The maximum Gasteiger partial charge on any atom is 0.156 e. The number of hydrogen-bond acceptors (Lipinski definition) is 2. The Balaban J connectivity index is 1.82. The molecule has 2 unspecified atom stereocenters. The number of allylic oxidation sites excluding steroid dienone is 8. The molecule has 0 N–H and O–H groups in total. The topological polar surface area (TPSA) is 34.1 Å². The minimum Gasteiger partial charge on any atom is -0.299 e. The fourth-order valence-electron chi connectivity index (χ4n) is 2.83. The van der Waals surface area contributed by atoms with E-state index in [0.29, 0.717) is 0 Å². The molecule has 0 heterocycles. The molecule has 0 amide bonds. The molecule has 0 saturated heterocycles. The predicted molar refractivity (Wildman–Crippen MR) is 76.6 cm³/mol. The minimum atomic E-state index is -0.0121. The zero-order chi connectivity index (χ0) is 13.8. The third-order valence-electron chi connectivity index (χ3n) is 3.86. The van der Waals surface area contributed by atoms with Gasteiger partial charge in [-0.15, -0.1) is 0 Å². The Morgan fingerprint density at radius 3 is 2.53 bits per heavy atom. The van der Waals surface area contributed by atoms with Gasteiger partial charge in [0, 0.05) is 11.5 Å². The van der Waals surface area contributed by atoms with Gasteiger partial charge < -0.3 is 0 Å². The zero-order valence-electron chi connectivity index (χ0n) is 11.6. The van der Waals surface area contributed by atoms with Gasteiger partial charge in [0.25, 0.3) is 0 Å². The summed E-state index contributed by atoms with van der Waals surface area (Å²) in [6, 6.07) is 0. The Kier molecular flexibility index (Phi) is 4.31. The lowest BCUT2D eigenvalue weighted by atomic mass is 9.90. The van der Waals surface area contributed by atoms with Crippen molar-refractivity contribution in [1.29, 1.82) is 0 Å². The fraction of sp³-hybridized carbons (Fsp3) is 0.412. The number of Topliss-reactive ketones (excluding diaryl/α,β-unsaturated/α-hetero) is 2. The van der Waals surface area contributed by atoms with Crippen molar-refractivity contribution in [1.82, 2.24) is 0 Å². The summed E-state index contributed by atoms with van der Waals surface area (Å²) in [5.41, 5.74) is 2.13. The molecule has 0 saturated carbocycles. The average molecular weight is 256 g/mol. The number of ketones is 2. The summed E-state index contributed by atoms with van der Waals surface area (Å²) in [5.74, 6) is 0.633. The van der Waals surface area contributed by atoms with Crippen LogP contribution < -0.4 is 0 Å². The van der Waals surface area contributed by atoms with E-state index in [1.807, 2.05) is 24.3 Å². The summed E-state index contributed by atoms with van der Waals surface area (Å²) in [6.07, 6.45) is 14.9. The van der Waals surface area contributed by atoms with Crippen LogP contribution in [0.4, 0.5) is 0 Å². The summed E-state index contributed by atoms with van der Waals surface area (Å²) in [4.78, 5) is 22.9. The highest BCUT2D eigenvalue weighted by Crippen LogP contribution is 2.29. The third-order valence-corrected chi connectivity index (χ3v) is 3.86. The Bertz CT molecular complexity index is 503. The maximum atomic E-state index is 11.5. The number of carbonyl (C=O) groups is 2. The van der Waals surface area contributed by atoms with Gasteiger partial charge in [0.15, 0.2) is 5.78 Å². The van der Waals surface area contributed by atoms with Crippen molar-refractivity contribution >= 4 is 11.6 Å². The third kappa shape index (κ3) is 3.19. The van der Waals surface area contributed by atoms with E-state index in [1.54, 1.807) is 13.8 Å². The first-order valence-corrected chi connectivity index (χ1v) is 6.86. The summed E-state index contributed by atoms with van der Waals surface area (Å²) >= 11 is 0. The Hall–Kier alpha value is -1.70. The highest BCUT2D eigenvalue weighted by Gasteiger charge is 2.21. The quantitative estimate of drug-likeness (QED) is 0.728. The van der Waals surface area contributed by atoms with E-state index < -0.39 is 0 Å². The first-order valence-electron chi connectivity index (χ1n) is 6.86. The predicted octanol–water partition coefficient (Wildman–Crippen LogP) is 3.56. The fourth-order valence-corrected chi connectivity index (χ4v) is 2.83. The van der Waals surface area contributed by atoms with Gasteiger partial charge in [0.05, 0.1) is 5.92 Å². The molecule has 0 fully saturated rings. The van der Waals surface area contributed by atoms with Gasteiger partial charge in [-0.05, 0) is 33.1 Å². The van der Waals surface area contributed by atoms with Crippen molar-refractivity contribution in [2.45, 2.75) is 33.1 Å². The second-order valence-corrected chi connectivity index (χ2v) is 5.28. The molecule has 2 nitrogen and oxygen atoms in total. The molecule has 2 atom stereocenters. The van der Waals surface area contributed by atoms with E-state index in [1.165, 1.54) is 5.57 Å². The van der Waals surface area contributed by atoms with E-state index in [-0.39, 0.29) is 23.4 Å². The molecular weight excluding hydrogens is 236 g/mol. The van der Waals surface area contributed by atoms with Crippen LogP contribution in [0.2, 0.25) is 0 Å². The lowest BCUT2D eigenvalue weighted by Crippen LogP contribution is -2.10. The van der Waals surface area contributed by atoms with Crippen LogP contribution in [-0.2, 0) is 9.59 Å². The zero-order valence-corrected chi connectivity index (χ0v) is 11.6. The maximum absolute atomic E-state index is 11.5. The molecule has 0 aromatic carbocycles. The molecule has 2 heteroatoms. The van der Waals surface area contributed by atoms with Crippen molar-refractivity contribution in [3.63, 3.8) is 0 Å². The van der Waals surface area contributed by atoms with Gasteiger partial charge in [0.2, 0.25) is 0 Å². The summed E-state index contributed by atoms with van der Waals surface area (Å²) < 4.78 is 0. The van der Waals surface area contributed by atoms with Gasteiger partial charge >= 0.3 is 0 Å². The molecule has 0 bridgehead atoms. The molecule has 0 aromatic heterocycles. The van der Waals surface area contributed by atoms with Gasteiger partial charge in [0.1, 0.15) is 5.78 Å². The summed E-state index contributed by atoms with van der Waals surface area (Å²) in [5, 5.41) is 0. The van der Waals surface area contributed by atoms with Crippen LogP contribution in [0.5, 0.6) is 0 Å². The molecule has 2 rings (SSSR count). The van der Waals surface area contributed by atoms with Crippen LogP contribution in [0.3, 0.4) is 0 Å². The first kappa shape index (κ1) is 13.7. The molecule has 100 valence electrons. The smallest absolute Gasteiger partial charge is 0.156 e. The molecule has 0 aromatic rings. The highest BCUT2D eigenvalue weighted by atomic mass is 16.1. The van der Waals surface area contributed by atoms with Gasteiger partial charge in [-0.1, -0.05) is 42.0 Å². The van der Waals surface area contributed by atoms with Gasteiger partial charge in [-0.25, -0.2) is 0 Å². The molecule has 0 radical (unpaired) electrons. The van der Waals surface area contributed by atoms with E-state index in [2.05, 4.69) is 12.2 Å². The largest absolute Gasteiger partial charge is 0.299 e. The summed E-state index contributed by atoms with van der Waals surface area (Å²) in [7, 11) is 0. The number of carbonyl (C=O) groups excluding carboxylic acids is 2. The van der Waals surface area contributed by atoms with Crippen molar-refractivity contribution in [3.05, 3.63) is 47.6 Å². The molecule has 0 spiro atoms. The lowest BCUT2D eigenvalue weighted by Gasteiger charge is -2.14. The summed E-state index contributed by atoms with van der Waals surface area (Å²) in [6.45, 7) is 3.27. The second-order valence-electron chi connectivity index (χ2n) is 5.28. The van der Waals surface area contributed by atoms with Crippen molar-refractivity contribution in [3.8, 4) is 0 Å². The molecule has 2 aliphatic rings. The van der Waals surface area contributed by atoms with Gasteiger partial charge in [-0.3, -0.25) is 9.59 Å². The van der Waals surface area contributed by atoms with Crippen LogP contribution in [0.25, 0.3) is 0 Å². The number of hydrogen-bond donors (Lipinski definition) is 0. The van der Waals surface area contributed by atoms with Crippen LogP contribution in [-0.4, -0.2) is 11.6 Å². The van der Waals surface area contributed by atoms with Crippen molar-refractivity contribution in [2.24, 2.45) is 11.8 Å². The van der Waals surface area contributed by atoms with Crippen LogP contribution in [0.1, 0.15) is 33.1 Å². The molecule has 19 heavy (non-hydrogen) atoms. The first-order chi connectivity index (χ1) is 9.09. The normalized spacial score (nSPS) is 24.5. The monoisotopic (exact) mass is 256 g/mol.